The van der Waals surface area contributed by atoms with E-state index < -0.39 is 0 Å². The van der Waals surface area contributed by atoms with Gasteiger partial charge in [-0.15, -0.1) is 0 Å². The van der Waals surface area contributed by atoms with Gasteiger partial charge in [0, 0.05) is 12.5 Å². The first-order chi connectivity index (χ1) is 7.84. The molecule has 2 heteroatoms. The van der Waals surface area contributed by atoms with E-state index in [1.807, 2.05) is 0 Å². The molecule has 1 aliphatic carbocycles. The summed E-state index contributed by atoms with van der Waals surface area (Å²) in [4.78, 5) is 2.47. The topological polar surface area (TPSA) is 23.5 Å². The standard InChI is InChI=1S/C14H19NO/c16-14-10-12-6-2-1-5-11(12)9-13(14)15-7-3-4-8-15/h1-2,5-6,13-14,16H,3-4,7-10H2/t13-,14-/m0/s1. The molecule has 0 aromatic heterocycles. The van der Waals surface area contributed by atoms with E-state index in [1.54, 1.807) is 0 Å². The van der Waals surface area contributed by atoms with Crippen LogP contribution < -0.4 is 0 Å². The summed E-state index contributed by atoms with van der Waals surface area (Å²) in [7, 11) is 0. The third-order valence-electron chi connectivity index (χ3n) is 4.03. The summed E-state index contributed by atoms with van der Waals surface area (Å²) in [5.74, 6) is 0. The third-order valence-corrected chi connectivity index (χ3v) is 4.03. The quantitative estimate of drug-likeness (QED) is 0.772. The largest absolute Gasteiger partial charge is 0.391 e. The molecule has 3 rings (SSSR count). The normalized spacial score (nSPS) is 30.3. The van der Waals surface area contributed by atoms with Gasteiger partial charge in [-0.3, -0.25) is 4.90 Å². The molecule has 1 aliphatic heterocycles. The number of fused-ring (bicyclic) bond motifs is 1. The summed E-state index contributed by atoms with van der Waals surface area (Å²) >= 11 is 0. The lowest BCUT2D eigenvalue weighted by atomic mass is 9.85. The molecular formula is C14H19NO. The van der Waals surface area contributed by atoms with Crippen molar-refractivity contribution in [3.63, 3.8) is 0 Å². The molecule has 16 heavy (non-hydrogen) atoms. The Kier molecular flexibility index (Phi) is 2.70. The van der Waals surface area contributed by atoms with Crippen LogP contribution in [0.2, 0.25) is 0 Å². The fourth-order valence-electron chi connectivity index (χ4n) is 3.12. The van der Waals surface area contributed by atoms with E-state index in [-0.39, 0.29) is 6.10 Å². The Bertz CT molecular complexity index is 371. The average Bonchev–Trinajstić information content (AvgIpc) is 2.81. The van der Waals surface area contributed by atoms with Crippen LogP contribution in [-0.4, -0.2) is 35.2 Å². The van der Waals surface area contributed by atoms with Crippen LogP contribution in [0, 0.1) is 0 Å². The van der Waals surface area contributed by atoms with Gasteiger partial charge < -0.3 is 5.11 Å². The maximum atomic E-state index is 10.2. The lowest BCUT2D eigenvalue weighted by Gasteiger charge is -2.36. The van der Waals surface area contributed by atoms with Crippen molar-refractivity contribution in [1.29, 1.82) is 0 Å². The van der Waals surface area contributed by atoms with Crippen LogP contribution in [0.25, 0.3) is 0 Å². The van der Waals surface area contributed by atoms with Crippen LogP contribution in [0.15, 0.2) is 24.3 Å². The third kappa shape index (κ3) is 1.76. The van der Waals surface area contributed by atoms with Crippen LogP contribution in [0.1, 0.15) is 24.0 Å². The number of hydrogen-bond donors (Lipinski definition) is 1. The number of rotatable bonds is 1. The van der Waals surface area contributed by atoms with Gasteiger partial charge in [0.05, 0.1) is 6.10 Å². The summed E-state index contributed by atoms with van der Waals surface area (Å²) in [5, 5.41) is 10.2. The van der Waals surface area contributed by atoms with E-state index in [4.69, 9.17) is 0 Å². The van der Waals surface area contributed by atoms with E-state index in [1.165, 1.54) is 37.1 Å². The Labute approximate surface area is 96.9 Å². The fourth-order valence-corrected chi connectivity index (χ4v) is 3.12. The molecule has 1 fully saturated rings. The smallest absolute Gasteiger partial charge is 0.0738 e. The monoisotopic (exact) mass is 217 g/mol. The second-order valence-corrected chi connectivity index (χ2v) is 5.05. The van der Waals surface area contributed by atoms with Crippen molar-refractivity contribution in [2.24, 2.45) is 0 Å². The minimum atomic E-state index is -0.173. The molecule has 0 bridgehead atoms. The number of nitrogens with zero attached hydrogens (tertiary/aromatic N) is 1. The van der Waals surface area contributed by atoms with Gasteiger partial charge in [0.15, 0.2) is 0 Å². The molecular weight excluding hydrogens is 198 g/mol. The highest BCUT2D eigenvalue weighted by Gasteiger charge is 2.32. The molecule has 1 N–H and O–H groups in total. The fraction of sp³-hybridized carbons (Fsp3) is 0.571. The molecule has 2 atom stereocenters. The van der Waals surface area contributed by atoms with E-state index in [2.05, 4.69) is 29.2 Å². The minimum absolute atomic E-state index is 0.173. The second kappa shape index (κ2) is 4.19. The molecule has 2 nitrogen and oxygen atoms in total. The van der Waals surface area contributed by atoms with Gasteiger partial charge in [-0.05, 0) is 43.5 Å². The first-order valence-corrected chi connectivity index (χ1v) is 6.33. The maximum Gasteiger partial charge on any atom is 0.0738 e. The highest BCUT2D eigenvalue weighted by Crippen LogP contribution is 2.26. The van der Waals surface area contributed by atoms with Gasteiger partial charge >= 0.3 is 0 Å². The number of benzene rings is 1. The van der Waals surface area contributed by atoms with Crippen LogP contribution >= 0.6 is 0 Å². The summed E-state index contributed by atoms with van der Waals surface area (Å²) in [5.41, 5.74) is 2.77. The molecule has 0 radical (unpaired) electrons. The second-order valence-electron chi connectivity index (χ2n) is 5.05. The lowest BCUT2D eigenvalue weighted by Crippen LogP contribution is -2.47. The zero-order valence-electron chi connectivity index (χ0n) is 9.60. The van der Waals surface area contributed by atoms with Crippen LogP contribution in [0.4, 0.5) is 0 Å². The lowest BCUT2D eigenvalue weighted by molar-refractivity contribution is 0.0554. The Hall–Kier alpha value is -0.860. The SMILES string of the molecule is O[C@H]1Cc2ccccc2C[C@@H]1N1CCCC1. The predicted molar refractivity (Wildman–Crippen MR) is 64.5 cm³/mol. The van der Waals surface area contributed by atoms with Crippen molar-refractivity contribution < 1.29 is 5.11 Å². The van der Waals surface area contributed by atoms with Crippen molar-refractivity contribution in [2.75, 3.05) is 13.1 Å². The van der Waals surface area contributed by atoms with Crippen molar-refractivity contribution >= 4 is 0 Å². The zero-order chi connectivity index (χ0) is 11.0. The van der Waals surface area contributed by atoms with Gasteiger partial charge in [0.2, 0.25) is 0 Å². The predicted octanol–water partition coefficient (Wildman–Crippen LogP) is 1.61. The van der Waals surface area contributed by atoms with Crippen molar-refractivity contribution in [1.82, 2.24) is 4.90 Å². The van der Waals surface area contributed by atoms with Crippen molar-refractivity contribution in [3.05, 3.63) is 35.4 Å². The first-order valence-electron chi connectivity index (χ1n) is 6.33. The van der Waals surface area contributed by atoms with Crippen LogP contribution in [0.5, 0.6) is 0 Å². The van der Waals surface area contributed by atoms with E-state index >= 15 is 0 Å². The molecule has 1 saturated heterocycles. The average molecular weight is 217 g/mol. The molecule has 0 unspecified atom stereocenters. The van der Waals surface area contributed by atoms with E-state index in [9.17, 15) is 5.11 Å². The molecule has 0 saturated carbocycles. The number of likely N-dealkylation sites (tertiary alicyclic amines) is 1. The summed E-state index contributed by atoms with van der Waals surface area (Å²) in [6, 6.07) is 8.90. The molecule has 1 aromatic rings. The van der Waals surface area contributed by atoms with Crippen LogP contribution in [-0.2, 0) is 12.8 Å². The summed E-state index contributed by atoms with van der Waals surface area (Å²) in [6.07, 6.45) is 4.28. The summed E-state index contributed by atoms with van der Waals surface area (Å²) < 4.78 is 0. The van der Waals surface area contributed by atoms with Crippen molar-refractivity contribution in [3.8, 4) is 0 Å². The van der Waals surface area contributed by atoms with Gasteiger partial charge in [-0.1, -0.05) is 24.3 Å². The van der Waals surface area contributed by atoms with Gasteiger partial charge in [-0.2, -0.15) is 0 Å². The molecule has 0 amide bonds. The van der Waals surface area contributed by atoms with Gasteiger partial charge in [0.25, 0.3) is 0 Å². The Morgan fingerprint density at radius 1 is 1.00 bits per heavy atom. The minimum Gasteiger partial charge on any atom is -0.391 e. The molecule has 2 aliphatic rings. The zero-order valence-corrected chi connectivity index (χ0v) is 9.60. The maximum absolute atomic E-state index is 10.2. The van der Waals surface area contributed by atoms with Crippen molar-refractivity contribution in [2.45, 2.75) is 37.8 Å². The Morgan fingerprint density at radius 2 is 1.62 bits per heavy atom. The number of aliphatic hydroxyl groups excluding tert-OH is 1. The van der Waals surface area contributed by atoms with Gasteiger partial charge in [0.1, 0.15) is 0 Å². The summed E-state index contributed by atoms with van der Waals surface area (Å²) in [6.45, 7) is 2.34. The molecule has 1 heterocycles. The molecule has 1 aromatic carbocycles. The highest BCUT2D eigenvalue weighted by atomic mass is 16.3. The Balaban J connectivity index is 1.83. The van der Waals surface area contributed by atoms with E-state index in [0.29, 0.717) is 6.04 Å². The van der Waals surface area contributed by atoms with Crippen LogP contribution in [0.3, 0.4) is 0 Å². The van der Waals surface area contributed by atoms with Gasteiger partial charge in [-0.25, -0.2) is 0 Å². The Morgan fingerprint density at radius 3 is 2.31 bits per heavy atom. The highest BCUT2D eigenvalue weighted by molar-refractivity contribution is 5.31. The molecule has 0 spiro atoms. The number of hydrogen-bond acceptors (Lipinski definition) is 2. The molecule has 86 valence electrons. The number of aliphatic hydroxyl groups is 1. The first kappa shape index (κ1) is 10.3. The van der Waals surface area contributed by atoms with E-state index in [0.717, 1.165) is 12.8 Å².